The van der Waals surface area contributed by atoms with Gasteiger partial charge in [0.2, 0.25) is 0 Å². The van der Waals surface area contributed by atoms with Gasteiger partial charge in [0, 0.05) is 11.1 Å². The van der Waals surface area contributed by atoms with Crippen LogP contribution in [0.3, 0.4) is 0 Å². The van der Waals surface area contributed by atoms with Crippen LogP contribution in [0.1, 0.15) is 5.56 Å². The lowest BCUT2D eigenvalue weighted by Gasteiger charge is -2.07. The zero-order valence-corrected chi connectivity index (χ0v) is 9.34. The Morgan fingerprint density at radius 3 is 2.75 bits per heavy atom. The fraction of sp³-hybridized carbons (Fsp3) is 0.200. The summed E-state index contributed by atoms with van der Waals surface area (Å²) in [7, 11) is 1.42. The van der Waals surface area contributed by atoms with Crippen molar-refractivity contribution in [3.8, 4) is 5.75 Å². The Morgan fingerprint density at radius 2 is 2.12 bits per heavy atom. The van der Waals surface area contributed by atoms with Crippen molar-refractivity contribution in [2.45, 2.75) is 6.92 Å². The first-order valence-corrected chi connectivity index (χ1v) is 4.82. The van der Waals surface area contributed by atoms with Gasteiger partial charge in [-0.25, -0.2) is 9.59 Å². The predicted molar refractivity (Wildman–Crippen MR) is 59.4 cm³/mol. The van der Waals surface area contributed by atoms with Crippen molar-refractivity contribution >= 4 is 22.5 Å². The van der Waals surface area contributed by atoms with Gasteiger partial charge in [-0.15, -0.1) is 0 Å². The number of fused-ring (bicyclic) bond motifs is 1. The minimum atomic E-state index is -0.822. The first-order chi connectivity index (χ1) is 7.54. The van der Waals surface area contributed by atoms with E-state index in [0.717, 1.165) is 0 Å². The van der Waals surface area contributed by atoms with Crippen molar-refractivity contribution in [3.05, 3.63) is 37.6 Å². The summed E-state index contributed by atoms with van der Waals surface area (Å²) in [6, 6.07) is 1.54. The van der Waals surface area contributed by atoms with Gasteiger partial charge in [-0.3, -0.25) is 4.98 Å². The molecule has 0 unspecified atom stereocenters. The fourth-order valence-electron chi connectivity index (χ4n) is 1.53. The summed E-state index contributed by atoms with van der Waals surface area (Å²) in [4.78, 5) is 25.0. The van der Waals surface area contributed by atoms with Crippen LogP contribution < -0.4 is 16.1 Å². The van der Waals surface area contributed by atoms with E-state index in [1.54, 1.807) is 6.92 Å². The van der Waals surface area contributed by atoms with Crippen molar-refractivity contribution in [3.63, 3.8) is 0 Å². The van der Waals surface area contributed by atoms with Crippen LogP contribution in [0.15, 0.2) is 20.1 Å². The second-order valence-corrected chi connectivity index (χ2v) is 3.64. The van der Waals surface area contributed by atoms with Gasteiger partial charge in [0.05, 0.1) is 12.5 Å². The number of methoxy groups -OCH3 is 1. The minimum Gasteiger partial charge on any atom is -0.494 e. The number of halogens is 1. The highest BCUT2D eigenvalue weighted by Crippen LogP contribution is 2.29. The normalized spacial score (nSPS) is 10.7. The molecule has 0 bridgehead atoms. The van der Waals surface area contributed by atoms with Crippen LogP contribution in [-0.2, 0) is 0 Å². The lowest BCUT2D eigenvalue weighted by atomic mass is 10.1. The average Bonchev–Trinajstić information content (AvgIpc) is 2.22. The molecule has 84 valence electrons. The van der Waals surface area contributed by atoms with Gasteiger partial charge in [-0.05, 0) is 12.5 Å². The van der Waals surface area contributed by atoms with E-state index in [4.69, 9.17) is 16.3 Å². The summed E-state index contributed by atoms with van der Waals surface area (Å²) >= 11 is 5.93. The van der Waals surface area contributed by atoms with E-state index >= 15 is 0 Å². The van der Waals surface area contributed by atoms with Crippen molar-refractivity contribution in [1.29, 1.82) is 0 Å². The summed E-state index contributed by atoms with van der Waals surface area (Å²) in [5, 5.41) is 0.604. The third-order valence-electron chi connectivity index (χ3n) is 2.32. The lowest BCUT2D eigenvalue weighted by Crippen LogP contribution is -2.16. The standard InChI is InChI=1S/C10H8ClNO4/c1-4-5(11)3-6(15-2)8-7(4)9(13)16-10(14)12-8/h3H,1-2H3,(H,12,14). The molecule has 2 aromatic rings. The number of H-pyrrole nitrogens is 1. The first-order valence-electron chi connectivity index (χ1n) is 4.45. The number of hydrogen-bond donors (Lipinski definition) is 1. The topological polar surface area (TPSA) is 72.3 Å². The fourth-order valence-corrected chi connectivity index (χ4v) is 1.72. The molecule has 0 spiro atoms. The van der Waals surface area contributed by atoms with Crippen LogP contribution in [0.4, 0.5) is 0 Å². The minimum absolute atomic E-state index is 0.226. The maximum absolute atomic E-state index is 11.5. The van der Waals surface area contributed by atoms with Crippen LogP contribution in [-0.4, -0.2) is 12.1 Å². The second kappa shape index (κ2) is 3.68. The molecule has 0 saturated carbocycles. The highest BCUT2D eigenvalue weighted by Gasteiger charge is 2.13. The molecule has 0 radical (unpaired) electrons. The number of nitrogens with one attached hydrogen (secondary N) is 1. The SMILES string of the molecule is COc1cc(Cl)c(C)c2c(=O)oc(=O)[nH]c12. The molecule has 0 aliphatic heterocycles. The summed E-state index contributed by atoms with van der Waals surface area (Å²) in [5.74, 6) is -0.492. The van der Waals surface area contributed by atoms with Crippen LogP contribution >= 0.6 is 11.6 Å². The largest absolute Gasteiger partial charge is 0.494 e. The van der Waals surface area contributed by atoms with Crippen LogP contribution in [0.5, 0.6) is 5.75 Å². The Balaban J connectivity index is 3.11. The zero-order chi connectivity index (χ0) is 11.9. The molecule has 0 fully saturated rings. The third kappa shape index (κ3) is 1.49. The molecule has 1 aromatic carbocycles. The van der Waals surface area contributed by atoms with Gasteiger partial charge >= 0.3 is 11.4 Å². The van der Waals surface area contributed by atoms with Gasteiger partial charge < -0.3 is 9.15 Å². The molecule has 5 nitrogen and oxygen atoms in total. The average molecular weight is 242 g/mol. The van der Waals surface area contributed by atoms with E-state index in [1.807, 2.05) is 0 Å². The zero-order valence-electron chi connectivity index (χ0n) is 8.59. The Bertz CT molecular complexity index is 671. The Kier molecular flexibility index (Phi) is 2.47. The van der Waals surface area contributed by atoms with Gasteiger partial charge in [0.25, 0.3) is 0 Å². The molecular weight excluding hydrogens is 234 g/mol. The predicted octanol–water partition coefficient (Wildman–Crippen LogP) is 1.45. The number of benzene rings is 1. The highest BCUT2D eigenvalue weighted by atomic mass is 35.5. The molecule has 0 aliphatic rings. The molecule has 0 atom stereocenters. The first kappa shape index (κ1) is 10.8. The molecule has 0 amide bonds. The maximum Gasteiger partial charge on any atom is 0.419 e. The molecule has 0 aliphatic carbocycles. The van der Waals surface area contributed by atoms with Crippen LogP contribution in [0.2, 0.25) is 5.02 Å². The molecule has 1 aromatic heterocycles. The monoisotopic (exact) mass is 241 g/mol. The van der Waals surface area contributed by atoms with E-state index in [-0.39, 0.29) is 5.39 Å². The highest BCUT2D eigenvalue weighted by molar-refractivity contribution is 6.32. The summed E-state index contributed by atoms with van der Waals surface area (Å²) in [6.07, 6.45) is 0. The maximum atomic E-state index is 11.5. The molecule has 2 rings (SSSR count). The number of hydrogen-bond acceptors (Lipinski definition) is 4. The van der Waals surface area contributed by atoms with Crippen molar-refractivity contribution < 1.29 is 9.15 Å². The summed E-state index contributed by atoms with van der Waals surface area (Å²) < 4.78 is 9.48. The molecule has 16 heavy (non-hydrogen) atoms. The molecular formula is C10H8ClNO4. The molecule has 0 saturated heterocycles. The number of ether oxygens (including phenoxy) is 1. The van der Waals surface area contributed by atoms with E-state index in [1.165, 1.54) is 13.2 Å². The van der Waals surface area contributed by atoms with E-state index < -0.39 is 11.4 Å². The number of aryl methyl sites for hydroxylation is 1. The molecule has 6 heteroatoms. The van der Waals surface area contributed by atoms with Crippen molar-refractivity contribution in [2.24, 2.45) is 0 Å². The number of aromatic nitrogens is 1. The van der Waals surface area contributed by atoms with Crippen molar-refractivity contribution in [1.82, 2.24) is 4.98 Å². The molecule has 1 heterocycles. The summed E-state index contributed by atoms with van der Waals surface area (Å²) in [6.45, 7) is 1.67. The smallest absolute Gasteiger partial charge is 0.419 e. The van der Waals surface area contributed by atoms with Gasteiger partial charge in [-0.1, -0.05) is 11.6 Å². The van der Waals surface area contributed by atoms with Gasteiger partial charge in [0.1, 0.15) is 11.3 Å². The van der Waals surface area contributed by atoms with Crippen molar-refractivity contribution in [2.75, 3.05) is 7.11 Å². The Labute approximate surface area is 94.6 Å². The van der Waals surface area contributed by atoms with Crippen LogP contribution in [0, 0.1) is 6.92 Å². The summed E-state index contributed by atoms with van der Waals surface area (Å²) in [5.41, 5.74) is 0.116. The van der Waals surface area contributed by atoms with E-state index in [0.29, 0.717) is 21.9 Å². The van der Waals surface area contributed by atoms with Crippen LogP contribution in [0.25, 0.3) is 10.9 Å². The Hall–Kier alpha value is -1.75. The number of rotatable bonds is 1. The van der Waals surface area contributed by atoms with E-state index in [2.05, 4.69) is 9.40 Å². The van der Waals surface area contributed by atoms with Gasteiger partial charge in [-0.2, -0.15) is 0 Å². The van der Waals surface area contributed by atoms with Gasteiger partial charge in [0.15, 0.2) is 0 Å². The lowest BCUT2D eigenvalue weighted by molar-refractivity contribution is 0.415. The third-order valence-corrected chi connectivity index (χ3v) is 2.72. The molecule has 1 N–H and O–H groups in total. The van der Waals surface area contributed by atoms with E-state index in [9.17, 15) is 9.59 Å². The Morgan fingerprint density at radius 1 is 1.44 bits per heavy atom. The second-order valence-electron chi connectivity index (χ2n) is 3.24. The quantitative estimate of drug-likeness (QED) is 0.820. The number of aromatic amines is 1.